The van der Waals surface area contributed by atoms with E-state index in [2.05, 4.69) is 4.98 Å². The van der Waals surface area contributed by atoms with Gasteiger partial charge in [0.2, 0.25) is 0 Å². The molecule has 0 radical (unpaired) electrons. The number of nitro groups is 1. The molecule has 0 aliphatic heterocycles. The first-order valence-electron chi connectivity index (χ1n) is 5.35. The van der Waals surface area contributed by atoms with Gasteiger partial charge in [0.25, 0.3) is 5.69 Å². The molecule has 1 heterocycles. The monoisotopic (exact) mass is 236 g/mol. The van der Waals surface area contributed by atoms with Gasteiger partial charge in [0.15, 0.2) is 0 Å². The predicted octanol–water partition coefficient (Wildman–Crippen LogP) is 2.46. The van der Waals surface area contributed by atoms with Gasteiger partial charge in [-0.1, -0.05) is 20.8 Å². The minimum atomic E-state index is -0.515. The Morgan fingerprint density at radius 3 is 2.53 bits per heavy atom. The first-order valence-corrected chi connectivity index (χ1v) is 5.35. The number of hydrogen-bond donors (Lipinski definition) is 0. The number of pyridine rings is 1. The summed E-state index contributed by atoms with van der Waals surface area (Å²) in [5.74, 6) is -0.0568. The summed E-state index contributed by atoms with van der Waals surface area (Å²) in [4.78, 5) is 26.3. The number of carbonyl (C=O) groups is 1. The minimum absolute atomic E-state index is 0.00148. The Morgan fingerprint density at radius 2 is 2.06 bits per heavy atom. The van der Waals surface area contributed by atoms with Crippen LogP contribution in [0.3, 0.4) is 0 Å². The summed E-state index contributed by atoms with van der Waals surface area (Å²) in [6.45, 7) is 7.01. The topological polar surface area (TPSA) is 73.1 Å². The lowest BCUT2D eigenvalue weighted by Gasteiger charge is -2.16. The van der Waals surface area contributed by atoms with Gasteiger partial charge in [-0.05, 0) is 13.0 Å². The maximum absolute atomic E-state index is 11.9. The van der Waals surface area contributed by atoms with E-state index in [0.29, 0.717) is 5.56 Å². The van der Waals surface area contributed by atoms with Crippen LogP contribution < -0.4 is 0 Å². The molecule has 17 heavy (non-hydrogen) atoms. The van der Waals surface area contributed by atoms with Crippen LogP contribution in [-0.2, 0) is 11.2 Å². The Labute approximate surface area is 100 Å². The van der Waals surface area contributed by atoms with Gasteiger partial charge in [-0.3, -0.25) is 19.9 Å². The quantitative estimate of drug-likeness (QED) is 0.596. The molecule has 92 valence electrons. The van der Waals surface area contributed by atoms with Crippen molar-refractivity contribution in [1.29, 1.82) is 0 Å². The van der Waals surface area contributed by atoms with Crippen LogP contribution in [0, 0.1) is 22.5 Å². The molecule has 0 saturated heterocycles. The van der Waals surface area contributed by atoms with E-state index in [1.54, 1.807) is 33.8 Å². The SMILES string of the molecule is Cc1ccnc(CC(=O)C(C)(C)C)c1[N+](=O)[O-]. The van der Waals surface area contributed by atoms with Crippen LogP contribution in [0.4, 0.5) is 5.69 Å². The lowest BCUT2D eigenvalue weighted by molar-refractivity contribution is -0.386. The number of ketones is 1. The minimum Gasteiger partial charge on any atom is -0.299 e. The zero-order valence-corrected chi connectivity index (χ0v) is 10.5. The van der Waals surface area contributed by atoms with Crippen LogP contribution in [0.2, 0.25) is 0 Å². The summed E-state index contributed by atoms with van der Waals surface area (Å²) in [6, 6.07) is 1.57. The molecule has 0 atom stereocenters. The number of aryl methyl sites for hydroxylation is 1. The van der Waals surface area contributed by atoms with E-state index >= 15 is 0 Å². The van der Waals surface area contributed by atoms with E-state index in [1.165, 1.54) is 6.20 Å². The third kappa shape index (κ3) is 3.09. The van der Waals surface area contributed by atoms with Crippen LogP contribution in [0.5, 0.6) is 0 Å². The van der Waals surface area contributed by atoms with Crippen molar-refractivity contribution in [3.63, 3.8) is 0 Å². The van der Waals surface area contributed by atoms with Gasteiger partial charge in [-0.15, -0.1) is 0 Å². The summed E-state index contributed by atoms with van der Waals surface area (Å²) in [7, 11) is 0. The van der Waals surface area contributed by atoms with Crippen molar-refractivity contribution < 1.29 is 9.72 Å². The maximum Gasteiger partial charge on any atom is 0.294 e. The normalized spacial score (nSPS) is 11.3. The Balaban J connectivity index is 3.12. The second-order valence-corrected chi connectivity index (χ2v) is 5.03. The van der Waals surface area contributed by atoms with Gasteiger partial charge in [-0.25, -0.2) is 0 Å². The van der Waals surface area contributed by atoms with E-state index in [-0.39, 0.29) is 23.6 Å². The Morgan fingerprint density at radius 1 is 1.47 bits per heavy atom. The highest BCUT2D eigenvalue weighted by molar-refractivity contribution is 5.86. The maximum atomic E-state index is 11.9. The second-order valence-electron chi connectivity index (χ2n) is 5.03. The highest BCUT2D eigenvalue weighted by Gasteiger charge is 2.26. The highest BCUT2D eigenvalue weighted by Crippen LogP contribution is 2.24. The van der Waals surface area contributed by atoms with Gasteiger partial charge in [0, 0.05) is 17.2 Å². The van der Waals surface area contributed by atoms with Crippen LogP contribution in [0.15, 0.2) is 12.3 Å². The third-order valence-corrected chi connectivity index (χ3v) is 2.55. The van der Waals surface area contributed by atoms with Crippen LogP contribution >= 0.6 is 0 Å². The van der Waals surface area contributed by atoms with Crippen molar-refractivity contribution in [3.05, 3.63) is 33.6 Å². The molecular formula is C12H16N2O3. The van der Waals surface area contributed by atoms with Crippen molar-refractivity contribution in [2.45, 2.75) is 34.1 Å². The molecule has 5 heteroatoms. The van der Waals surface area contributed by atoms with Gasteiger partial charge in [0.1, 0.15) is 11.5 Å². The standard InChI is InChI=1S/C12H16N2O3/c1-8-5-6-13-9(11(8)14(16)17)7-10(15)12(2,3)4/h5-6H,7H2,1-4H3. The van der Waals surface area contributed by atoms with Crippen LogP contribution in [-0.4, -0.2) is 15.7 Å². The first kappa shape index (κ1) is 13.3. The van der Waals surface area contributed by atoms with Crippen molar-refractivity contribution in [3.8, 4) is 0 Å². The van der Waals surface area contributed by atoms with Crippen molar-refractivity contribution in [2.75, 3.05) is 0 Å². The number of hydrogen-bond acceptors (Lipinski definition) is 4. The lowest BCUT2D eigenvalue weighted by atomic mass is 9.88. The van der Waals surface area contributed by atoms with Gasteiger partial charge in [-0.2, -0.15) is 0 Å². The molecular weight excluding hydrogens is 220 g/mol. The first-order chi connectivity index (χ1) is 7.73. The molecule has 0 amide bonds. The summed E-state index contributed by atoms with van der Waals surface area (Å²) in [6.07, 6.45) is 1.50. The van der Waals surface area contributed by atoms with Crippen LogP contribution in [0.25, 0.3) is 0 Å². The molecule has 1 aromatic heterocycles. The Kier molecular flexibility index (Phi) is 3.60. The largest absolute Gasteiger partial charge is 0.299 e. The molecule has 1 rings (SSSR count). The van der Waals surface area contributed by atoms with Crippen LogP contribution in [0.1, 0.15) is 32.0 Å². The van der Waals surface area contributed by atoms with Gasteiger partial charge in [0.05, 0.1) is 11.3 Å². The zero-order chi connectivity index (χ0) is 13.2. The summed E-state index contributed by atoms with van der Waals surface area (Å²) < 4.78 is 0. The molecule has 0 bridgehead atoms. The van der Waals surface area contributed by atoms with Crippen molar-refractivity contribution >= 4 is 11.5 Å². The fraction of sp³-hybridized carbons (Fsp3) is 0.500. The molecule has 0 saturated carbocycles. The fourth-order valence-electron chi connectivity index (χ4n) is 1.40. The molecule has 0 N–H and O–H groups in total. The smallest absolute Gasteiger partial charge is 0.294 e. The third-order valence-electron chi connectivity index (χ3n) is 2.55. The Hall–Kier alpha value is -1.78. The number of carbonyl (C=O) groups excluding carboxylic acids is 1. The molecule has 5 nitrogen and oxygen atoms in total. The number of nitrogens with zero attached hydrogens (tertiary/aromatic N) is 2. The average molecular weight is 236 g/mol. The molecule has 0 fully saturated rings. The van der Waals surface area contributed by atoms with Gasteiger partial charge >= 0.3 is 0 Å². The molecule has 1 aromatic rings. The van der Waals surface area contributed by atoms with Crippen molar-refractivity contribution in [1.82, 2.24) is 4.98 Å². The molecule has 0 aromatic carbocycles. The predicted molar refractivity (Wildman–Crippen MR) is 63.8 cm³/mol. The molecule has 0 unspecified atom stereocenters. The number of Topliss-reactive ketones (excluding diaryl/α,β-unsaturated/α-hetero) is 1. The highest BCUT2D eigenvalue weighted by atomic mass is 16.6. The van der Waals surface area contributed by atoms with E-state index in [1.807, 2.05) is 0 Å². The Bertz CT molecular complexity index is 461. The van der Waals surface area contributed by atoms with E-state index in [4.69, 9.17) is 0 Å². The zero-order valence-electron chi connectivity index (χ0n) is 10.5. The van der Waals surface area contributed by atoms with Gasteiger partial charge < -0.3 is 0 Å². The van der Waals surface area contributed by atoms with E-state index in [9.17, 15) is 14.9 Å². The molecule has 0 spiro atoms. The molecule has 0 aliphatic carbocycles. The number of aromatic nitrogens is 1. The lowest BCUT2D eigenvalue weighted by Crippen LogP contribution is -2.23. The second kappa shape index (κ2) is 4.61. The van der Waals surface area contributed by atoms with Crippen molar-refractivity contribution in [2.24, 2.45) is 5.41 Å². The van der Waals surface area contributed by atoms with E-state index in [0.717, 1.165) is 0 Å². The summed E-state index contributed by atoms with van der Waals surface area (Å²) >= 11 is 0. The summed E-state index contributed by atoms with van der Waals surface area (Å²) in [5, 5.41) is 10.9. The number of rotatable bonds is 3. The summed E-state index contributed by atoms with van der Waals surface area (Å²) in [5.41, 5.74) is 0.209. The molecule has 0 aliphatic rings. The fourth-order valence-corrected chi connectivity index (χ4v) is 1.40. The van der Waals surface area contributed by atoms with E-state index < -0.39 is 10.3 Å². The average Bonchev–Trinajstić information content (AvgIpc) is 2.15.